The lowest BCUT2D eigenvalue weighted by atomic mass is 9.83. The average Bonchev–Trinajstić information content (AvgIpc) is 3.12. The number of anilines is 1. The number of non-ortho nitro benzene ring substituents is 1. The van der Waals surface area contributed by atoms with Gasteiger partial charge in [0.05, 0.1) is 23.6 Å². The van der Waals surface area contributed by atoms with Crippen LogP contribution in [-0.2, 0) is 15.9 Å². The van der Waals surface area contributed by atoms with Gasteiger partial charge in [-0.25, -0.2) is 0 Å². The lowest BCUT2D eigenvalue weighted by molar-refractivity contribution is -0.385. The van der Waals surface area contributed by atoms with Crippen LogP contribution in [-0.4, -0.2) is 60.0 Å². The largest absolute Gasteiger partial charge is 0.479 e. The molecule has 0 saturated heterocycles. The van der Waals surface area contributed by atoms with E-state index >= 15 is 0 Å². The Morgan fingerprint density at radius 1 is 1.31 bits per heavy atom. The van der Waals surface area contributed by atoms with Crippen molar-refractivity contribution in [1.82, 2.24) is 0 Å². The molecule has 2 aromatic carbocycles. The van der Waals surface area contributed by atoms with Crippen LogP contribution < -0.4 is 9.64 Å². The van der Waals surface area contributed by atoms with Crippen LogP contribution in [0.25, 0.3) is 0 Å². The molecule has 0 bridgehead atoms. The second-order valence-corrected chi connectivity index (χ2v) is 8.62. The lowest BCUT2D eigenvalue weighted by Gasteiger charge is -2.50. The SMILES string of the molecule is COC(OC)[C@@]1(C)Oc2ccc([N+](=O)[O-])cc2[C@H](N2c3ccc(Cl)cc3C[C@H]2CO)[C@H]1O. The first-order valence-electron chi connectivity index (χ1n) is 10.1. The maximum atomic E-state index is 11.6. The number of methoxy groups -OCH3 is 2. The van der Waals surface area contributed by atoms with Crippen molar-refractivity contribution in [3.63, 3.8) is 0 Å². The van der Waals surface area contributed by atoms with Gasteiger partial charge in [0, 0.05) is 42.6 Å². The normalized spacial score (nSPS) is 26.6. The predicted octanol–water partition coefficient (Wildman–Crippen LogP) is 2.84. The number of aliphatic hydroxyl groups excluding tert-OH is 2. The third-order valence-corrected chi connectivity index (χ3v) is 6.55. The first kappa shape index (κ1) is 22.8. The molecule has 32 heavy (non-hydrogen) atoms. The molecule has 2 aliphatic rings. The molecule has 0 fully saturated rings. The standard InChI is InChI=1S/C22H25ClN2O7/c1-22(21(30-2)31-3)20(27)19(16-10-14(25(28)29)5-7-18(16)32-22)24-15(11-26)9-12-8-13(23)4-6-17(12)24/h4-8,10,15,19-21,26-27H,9,11H2,1-3H3/t15-,19-,20+,22-/m0/s1. The molecule has 0 radical (unpaired) electrons. The van der Waals surface area contributed by atoms with Crippen LogP contribution >= 0.6 is 11.6 Å². The number of hydrogen-bond donors (Lipinski definition) is 2. The fourth-order valence-electron chi connectivity index (χ4n) is 4.86. The highest BCUT2D eigenvalue weighted by Crippen LogP contribution is 2.50. The number of nitro benzene ring substituents is 1. The van der Waals surface area contributed by atoms with Crippen LogP contribution in [0.15, 0.2) is 36.4 Å². The van der Waals surface area contributed by atoms with E-state index in [1.807, 2.05) is 17.0 Å². The summed E-state index contributed by atoms with van der Waals surface area (Å²) in [6.45, 7) is 1.48. The molecule has 2 N–H and O–H groups in total. The fourth-order valence-corrected chi connectivity index (χ4v) is 5.05. The fraction of sp³-hybridized carbons (Fsp3) is 0.455. The maximum absolute atomic E-state index is 11.6. The molecule has 4 atom stereocenters. The van der Waals surface area contributed by atoms with Crippen molar-refractivity contribution in [2.24, 2.45) is 0 Å². The van der Waals surface area contributed by atoms with E-state index in [0.29, 0.717) is 22.8 Å². The molecule has 0 unspecified atom stereocenters. The molecule has 2 aromatic rings. The molecule has 4 rings (SSSR count). The quantitative estimate of drug-likeness (QED) is 0.381. The summed E-state index contributed by atoms with van der Waals surface area (Å²) >= 11 is 6.18. The van der Waals surface area contributed by atoms with E-state index in [9.17, 15) is 20.3 Å². The van der Waals surface area contributed by atoms with Gasteiger partial charge in [0.15, 0.2) is 11.9 Å². The highest BCUT2D eigenvalue weighted by Gasteiger charge is 2.55. The van der Waals surface area contributed by atoms with Crippen molar-refractivity contribution in [2.75, 3.05) is 25.7 Å². The number of nitrogens with zero attached hydrogens (tertiary/aromatic N) is 2. The summed E-state index contributed by atoms with van der Waals surface area (Å²) in [5.41, 5.74) is 0.673. The second-order valence-electron chi connectivity index (χ2n) is 8.18. The van der Waals surface area contributed by atoms with Crippen molar-refractivity contribution < 1.29 is 29.3 Å². The van der Waals surface area contributed by atoms with Crippen LogP contribution in [0.4, 0.5) is 11.4 Å². The van der Waals surface area contributed by atoms with Gasteiger partial charge >= 0.3 is 0 Å². The number of ether oxygens (including phenoxy) is 3. The van der Waals surface area contributed by atoms with Crippen molar-refractivity contribution >= 4 is 23.0 Å². The molecule has 0 amide bonds. The number of hydrogen-bond acceptors (Lipinski definition) is 8. The Morgan fingerprint density at radius 2 is 2.03 bits per heavy atom. The van der Waals surface area contributed by atoms with Crippen LogP contribution in [0.3, 0.4) is 0 Å². The topological polar surface area (TPSA) is 115 Å². The Labute approximate surface area is 190 Å². The van der Waals surface area contributed by atoms with Gasteiger partial charge in [0.1, 0.15) is 11.9 Å². The highest BCUT2D eigenvalue weighted by molar-refractivity contribution is 6.30. The molecule has 0 spiro atoms. The third kappa shape index (κ3) is 3.50. The molecular weight excluding hydrogens is 440 g/mol. The van der Waals surface area contributed by atoms with Crippen LogP contribution in [0.1, 0.15) is 24.1 Å². The van der Waals surface area contributed by atoms with E-state index in [-0.39, 0.29) is 18.3 Å². The van der Waals surface area contributed by atoms with E-state index in [4.69, 9.17) is 25.8 Å². The van der Waals surface area contributed by atoms with Crippen LogP contribution in [0.2, 0.25) is 5.02 Å². The minimum Gasteiger partial charge on any atom is -0.479 e. The predicted molar refractivity (Wildman–Crippen MR) is 117 cm³/mol. The van der Waals surface area contributed by atoms with Gasteiger partial charge in [-0.15, -0.1) is 0 Å². The first-order chi connectivity index (χ1) is 15.2. The zero-order chi connectivity index (χ0) is 23.2. The second kappa shape index (κ2) is 8.49. The minimum atomic E-state index is -1.34. The number of aliphatic hydroxyl groups is 2. The summed E-state index contributed by atoms with van der Waals surface area (Å²) in [6.07, 6.45) is -1.64. The van der Waals surface area contributed by atoms with Gasteiger partial charge in [0.25, 0.3) is 5.69 Å². The Kier molecular flexibility index (Phi) is 6.04. The summed E-state index contributed by atoms with van der Waals surface area (Å²) in [7, 11) is 2.89. The molecule has 0 aromatic heterocycles. The van der Waals surface area contributed by atoms with E-state index in [1.165, 1.54) is 32.4 Å². The molecule has 10 heteroatoms. The van der Waals surface area contributed by atoms with E-state index in [0.717, 1.165) is 11.3 Å². The monoisotopic (exact) mass is 464 g/mol. The summed E-state index contributed by atoms with van der Waals surface area (Å²) in [5.74, 6) is 0.367. The van der Waals surface area contributed by atoms with E-state index in [2.05, 4.69) is 0 Å². The number of fused-ring (bicyclic) bond motifs is 2. The van der Waals surface area contributed by atoms with Crippen molar-refractivity contribution in [3.05, 3.63) is 62.7 Å². The zero-order valence-electron chi connectivity index (χ0n) is 17.9. The first-order valence-corrected chi connectivity index (χ1v) is 10.5. The number of nitro groups is 1. The van der Waals surface area contributed by atoms with E-state index < -0.39 is 29.0 Å². The summed E-state index contributed by atoms with van der Waals surface area (Å²) in [5, 5.41) is 33.9. The molecular formula is C22H25ClN2O7. The Balaban J connectivity index is 1.92. The summed E-state index contributed by atoms with van der Waals surface area (Å²) in [6, 6.07) is 8.50. The van der Waals surface area contributed by atoms with E-state index in [1.54, 1.807) is 13.0 Å². The van der Waals surface area contributed by atoms with Crippen molar-refractivity contribution in [3.8, 4) is 5.75 Å². The molecule has 0 saturated carbocycles. The van der Waals surface area contributed by atoms with Gasteiger partial charge in [-0.2, -0.15) is 0 Å². The Hall–Kier alpha value is -2.43. The van der Waals surface area contributed by atoms with Crippen LogP contribution in [0.5, 0.6) is 5.75 Å². The van der Waals surface area contributed by atoms with Crippen LogP contribution in [0, 0.1) is 10.1 Å². The maximum Gasteiger partial charge on any atom is 0.270 e. The molecule has 2 heterocycles. The third-order valence-electron chi connectivity index (χ3n) is 6.31. The lowest BCUT2D eigenvalue weighted by Crippen LogP contribution is -2.63. The van der Waals surface area contributed by atoms with Gasteiger partial charge in [0.2, 0.25) is 0 Å². The summed E-state index contributed by atoms with van der Waals surface area (Å²) in [4.78, 5) is 12.9. The molecule has 0 aliphatic carbocycles. The Bertz CT molecular complexity index is 1030. The highest BCUT2D eigenvalue weighted by atomic mass is 35.5. The van der Waals surface area contributed by atoms with Gasteiger partial charge in [-0.3, -0.25) is 10.1 Å². The summed E-state index contributed by atoms with van der Waals surface area (Å²) < 4.78 is 17.0. The Morgan fingerprint density at radius 3 is 2.66 bits per heavy atom. The van der Waals surface area contributed by atoms with Gasteiger partial charge in [-0.1, -0.05) is 11.6 Å². The number of halogens is 1. The van der Waals surface area contributed by atoms with Crippen molar-refractivity contribution in [2.45, 2.75) is 43.4 Å². The molecule has 2 aliphatic heterocycles. The number of benzene rings is 2. The van der Waals surface area contributed by atoms with Crippen molar-refractivity contribution in [1.29, 1.82) is 0 Å². The number of rotatable bonds is 6. The average molecular weight is 465 g/mol. The zero-order valence-corrected chi connectivity index (χ0v) is 18.7. The molecule has 9 nitrogen and oxygen atoms in total. The molecule has 172 valence electrons. The minimum absolute atomic E-state index is 0.126. The van der Waals surface area contributed by atoms with Gasteiger partial charge < -0.3 is 29.3 Å². The smallest absolute Gasteiger partial charge is 0.270 e. The van der Waals surface area contributed by atoms with Gasteiger partial charge in [-0.05, 0) is 43.2 Å².